The van der Waals surface area contributed by atoms with E-state index in [2.05, 4.69) is 5.32 Å². The van der Waals surface area contributed by atoms with Gasteiger partial charge in [0.1, 0.15) is 10.7 Å². The Labute approximate surface area is 123 Å². The van der Waals surface area contributed by atoms with Crippen molar-refractivity contribution in [2.75, 3.05) is 25.9 Å². The Morgan fingerprint density at radius 3 is 2.81 bits per heavy atom. The van der Waals surface area contributed by atoms with Gasteiger partial charge in [-0.05, 0) is 31.0 Å². The lowest BCUT2D eigenvalue weighted by molar-refractivity contribution is -0.125. The highest BCUT2D eigenvalue weighted by atomic mass is 32.2. The van der Waals surface area contributed by atoms with Crippen LogP contribution in [0.5, 0.6) is 0 Å². The van der Waals surface area contributed by atoms with Crippen molar-refractivity contribution >= 4 is 21.6 Å². The highest BCUT2D eigenvalue weighted by Crippen LogP contribution is 2.27. The van der Waals surface area contributed by atoms with E-state index < -0.39 is 15.8 Å². The van der Waals surface area contributed by atoms with E-state index >= 15 is 0 Å². The molecule has 21 heavy (non-hydrogen) atoms. The van der Waals surface area contributed by atoms with Crippen LogP contribution in [-0.2, 0) is 14.8 Å². The number of nitrogen functional groups attached to an aromatic ring is 1. The number of hydrogen-bond acceptors (Lipinski definition) is 4. The lowest BCUT2D eigenvalue weighted by atomic mass is 9.99. The molecule has 0 radical (unpaired) electrons. The van der Waals surface area contributed by atoms with E-state index in [1.54, 1.807) is 0 Å². The standard InChI is InChI=1S/C13H18FN3O3S/c1-16-13(18)9-3-2-6-17(8-9)21(19,20)12-5-4-10(14)7-11(12)15/h4-5,7,9H,2-3,6,8,15H2,1H3,(H,16,18). The van der Waals surface area contributed by atoms with Crippen LogP contribution in [0.2, 0.25) is 0 Å². The van der Waals surface area contributed by atoms with E-state index in [-0.39, 0.29) is 29.0 Å². The normalized spacial score (nSPS) is 20.2. The van der Waals surface area contributed by atoms with E-state index in [0.29, 0.717) is 19.4 Å². The first-order valence-electron chi connectivity index (χ1n) is 6.63. The third-order valence-corrected chi connectivity index (χ3v) is 5.53. The zero-order valence-corrected chi connectivity index (χ0v) is 12.5. The van der Waals surface area contributed by atoms with E-state index in [4.69, 9.17) is 5.73 Å². The summed E-state index contributed by atoms with van der Waals surface area (Å²) >= 11 is 0. The van der Waals surface area contributed by atoms with Crippen molar-refractivity contribution in [3.05, 3.63) is 24.0 Å². The summed E-state index contributed by atoms with van der Waals surface area (Å²) in [5.74, 6) is -1.14. The van der Waals surface area contributed by atoms with Gasteiger partial charge in [0.25, 0.3) is 0 Å². The quantitative estimate of drug-likeness (QED) is 0.797. The van der Waals surface area contributed by atoms with Crippen LogP contribution in [0.15, 0.2) is 23.1 Å². The summed E-state index contributed by atoms with van der Waals surface area (Å²) < 4.78 is 39.4. The number of rotatable bonds is 3. The van der Waals surface area contributed by atoms with Crippen molar-refractivity contribution in [2.24, 2.45) is 5.92 Å². The molecule has 1 atom stereocenters. The van der Waals surface area contributed by atoms with Crippen molar-refractivity contribution in [3.63, 3.8) is 0 Å². The second kappa shape index (κ2) is 5.98. The number of halogens is 1. The van der Waals surface area contributed by atoms with Gasteiger partial charge in [-0.25, -0.2) is 12.8 Å². The number of nitrogens with zero attached hydrogens (tertiary/aromatic N) is 1. The minimum Gasteiger partial charge on any atom is -0.398 e. The van der Waals surface area contributed by atoms with E-state index in [1.165, 1.54) is 11.4 Å². The van der Waals surface area contributed by atoms with Crippen LogP contribution in [0.1, 0.15) is 12.8 Å². The molecule has 1 heterocycles. The topological polar surface area (TPSA) is 92.5 Å². The zero-order valence-electron chi connectivity index (χ0n) is 11.7. The maximum atomic E-state index is 13.1. The molecule has 1 saturated heterocycles. The maximum absolute atomic E-state index is 13.1. The summed E-state index contributed by atoms with van der Waals surface area (Å²) in [5.41, 5.74) is 5.48. The third-order valence-electron chi connectivity index (χ3n) is 3.59. The molecule has 1 unspecified atom stereocenters. The average Bonchev–Trinajstić information content (AvgIpc) is 2.46. The molecule has 0 spiro atoms. The van der Waals surface area contributed by atoms with Crippen LogP contribution in [0, 0.1) is 11.7 Å². The van der Waals surface area contributed by atoms with Crippen molar-refractivity contribution in [3.8, 4) is 0 Å². The van der Waals surface area contributed by atoms with Gasteiger partial charge in [-0.15, -0.1) is 0 Å². The summed E-state index contributed by atoms with van der Waals surface area (Å²) in [5, 5.41) is 2.53. The summed E-state index contributed by atoms with van der Waals surface area (Å²) in [7, 11) is -2.30. The average molecular weight is 315 g/mol. The summed E-state index contributed by atoms with van der Waals surface area (Å²) in [6.45, 7) is 0.436. The molecule has 0 aromatic heterocycles. The molecule has 116 valence electrons. The van der Waals surface area contributed by atoms with E-state index in [9.17, 15) is 17.6 Å². The lowest BCUT2D eigenvalue weighted by Crippen LogP contribution is -2.44. The predicted octanol–water partition coefficient (Wildman–Crippen LogP) is 0.555. The first-order chi connectivity index (χ1) is 9.86. The highest BCUT2D eigenvalue weighted by Gasteiger charge is 2.33. The number of carbonyl (C=O) groups excluding carboxylic acids is 1. The Balaban J connectivity index is 2.28. The molecular formula is C13H18FN3O3S. The number of carbonyl (C=O) groups is 1. The number of nitrogens with one attached hydrogen (secondary N) is 1. The van der Waals surface area contributed by atoms with Gasteiger partial charge in [-0.1, -0.05) is 0 Å². The zero-order chi connectivity index (χ0) is 15.6. The molecule has 8 heteroatoms. The van der Waals surface area contributed by atoms with Crippen LogP contribution in [-0.4, -0.2) is 38.8 Å². The van der Waals surface area contributed by atoms with E-state index in [1.807, 2.05) is 0 Å². The SMILES string of the molecule is CNC(=O)C1CCCN(S(=O)(=O)c2ccc(F)cc2N)C1. The molecule has 6 nitrogen and oxygen atoms in total. The maximum Gasteiger partial charge on any atom is 0.245 e. The Bertz CT molecular complexity index is 648. The first kappa shape index (κ1) is 15.7. The number of amides is 1. The van der Waals surface area contributed by atoms with Crippen LogP contribution in [0.3, 0.4) is 0 Å². The number of sulfonamides is 1. The molecule has 1 aliphatic rings. The number of anilines is 1. The van der Waals surface area contributed by atoms with Crippen LogP contribution in [0.25, 0.3) is 0 Å². The second-order valence-electron chi connectivity index (χ2n) is 5.00. The second-order valence-corrected chi connectivity index (χ2v) is 6.90. The Hall–Kier alpha value is -1.67. The molecule has 1 aliphatic heterocycles. The van der Waals surface area contributed by atoms with Crippen molar-refractivity contribution < 1.29 is 17.6 Å². The molecule has 2 rings (SSSR count). The van der Waals surface area contributed by atoms with Gasteiger partial charge in [0.2, 0.25) is 15.9 Å². The van der Waals surface area contributed by atoms with Gasteiger partial charge in [-0.2, -0.15) is 4.31 Å². The number of piperidine rings is 1. The molecule has 0 bridgehead atoms. The third kappa shape index (κ3) is 3.16. The monoisotopic (exact) mass is 315 g/mol. The molecular weight excluding hydrogens is 297 g/mol. The molecule has 1 amide bonds. The highest BCUT2D eigenvalue weighted by molar-refractivity contribution is 7.89. The van der Waals surface area contributed by atoms with Gasteiger partial charge in [-0.3, -0.25) is 4.79 Å². The molecule has 1 aromatic carbocycles. The smallest absolute Gasteiger partial charge is 0.245 e. The predicted molar refractivity (Wildman–Crippen MR) is 76.4 cm³/mol. The van der Waals surface area contributed by atoms with Crippen LogP contribution in [0.4, 0.5) is 10.1 Å². The fourth-order valence-electron chi connectivity index (χ4n) is 2.47. The number of benzene rings is 1. The van der Waals surface area contributed by atoms with Gasteiger partial charge < -0.3 is 11.1 Å². The molecule has 0 saturated carbocycles. The number of hydrogen-bond donors (Lipinski definition) is 2. The van der Waals surface area contributed by atoms with Crippen molar-refractivity contribution in [1.82, 2.24) is 9.62 Å². The Morgan fingerprint density at radius 1 is 1.48 bits per heavy atom. The Kier molecular flexibility index (Phi) is 4.48. The van der Waals surface area contributed by atoms with Crippen LogP contribution < -0.4 is 11.1 Å². The van der Waals surface area contributed by atoms with Crippen molar-refractivity contribution in [2.45, 2.75) is 17.7 Å². The fraction of sp³-hybridized carbons (Fsp3) is 0.462. The van der Waals surface area contributed by atoms with Gasteiger partial charge >= 0.3 is 0 Å². The Morgan fingerprint density at radius 2 is 2.19 bits per heavy atom. The fourth-order valence-corrected chi connectivity index (χ4v) is 4.09. The molecule has 1 fully saturated rings. The lowest BCUT2D eigenvalue weighted by Gasteiger charge is -2.31. The summed E-state index contributed by atoms with van der Waals surface area (Å²) in [6.07, 6.45) is 1.24. The van der Waals surface area contributed by atoms with Gasteiger partial charge in [0.15, 0.2) is 0 Å². The largest absolute Gasteiger partial charge is 0.398 e. The number of nitrogens with two attached hydrogens (primary N) is 1. The molecule has 1 aromatic rings. The minimum absolute atomic E-state index is 0.110. The van der Waals surface area contributed by atoms with E-state index in [0.717, 1.165) is 18.2 Å². The molecule has 0 aliphatic carbocycles. The van der Waals surface area contributed by atoms with Gasteiger partial charge in [0, 0.05) is 20.1 Å². The summed E-state index contributed by atoms with van der Waals surface area (Å²) in [4.78, 5) is 11.6. The first-order valence-corrected chi connectivity index (χ1v) is 8.07. The van der Waals surface area contributed by atoms with Crippen LogP contribution >= 0.6 is 0 Å². The van der Waals surface area contributed by atoms with Crippen molar-refractivity contribution in [1.29, 1.82) is 0 Å². The summed E-state index contributed by atoms with van der Waals surface area (Å²) in [6, 6.07) is 3.19. The van der Waals surface area contributed by atoms with Gasteiger partial charge in [0.05, 0.1) is 11.6 Å². The minimum atomic E-state index is -3.82. The molecule has 3 N–H and O–H groups in total.